The highest BCUT2D eigenvalue weighted by Crippen LogP contribution is 2.52. The summed E-state index contributed by atoms with van der Waals surface area (Å²) in [5.41, 5.74) is -0.167. The molecule has 1 unspecified atom stereocenters. The number of benzene rings is 4. The molecule has 45 heavy (non-hydrogen) atoms. The number of amides is 1. The first-order valence-electron chi connectivity index (χ1n) is 14.1. The fourth-order valence-corrected chi connectivity index (χ4v) is 8.48. The van der Waals surface area contributed by atoms with Gasteiger partial charge in [0, 0.05) is 22.3 Å². The van der Waals surface area contributed by atoms with Gasteiger partial charge in [-0.25, -0.2) is 17.2 Å². The lowest BCUT2D eigenvalue weighted by atomic mass is 9.88. The molecule has 4 aromatic rings. The van der Waals surface area contributed by atoms with Gasteiger partial charge >= 0.3 is 0 Å². The molecular formula is C34H29ClF2N2O5S. The van der Waals surface area contributed by atoms with E-state index in [0.29, 0.717) is 0 Å². The molecule has 7 nitrogen and oxygen atoms in total. The molecular weight excluding hydrogens is 622 g/mol. The summed E-state index contributed by atoms with van der Waals surface area (Å²) in [7, 11) is -4.15. The number of nitrogens with zero attached hydrogens (tertiary/aromatic N) is 1. The van der Waals surface area contributed by atoms with E-state index in [9.17, 15) is 18.3 Å². The summed E-state index contributed by atoms with van der Waals surface area (Å²) in [4.78, 5) is 15.1. The lowest BCUT2D eigenvalue weighted by molar-refractivity contribution is 0.0976. The van der Waals surface area contributed by atoms with Gasteiger partial charge in [0.2, 0.25) is 0 Å². The van der Waals surface area contributed by atoms with Crippen LogP contribution in [0.4, 0.5) is 20.2 Å². The highest BCUT2D eigenvalue weighted by atomic mass is 35.5. The Hall–Kier alpha value is -4.41. The van der Waals surface area contributed by atoms with E-state index < -0.39 is 44.4 Å². The first-order chi connectivity index (χ1) is 21.3. The predicted molar refractivity (Wildman–Crippen MR) is 169 cm³/mol. The van der Waals surface area contributed by atoms with Crippen LogP contribution in [0.25, 0.3) is 0 Å². The van der Waals surface area contributed by atoms with Gasteiger partial charge in [-0.05, 0) is 59.9 Å². The number of rotatable bonds is 5. The molecule has 0 saturated heterocycles. The largest absolute Gasteiger partial charge is 0.506 e. The fraction of sp³-hybridized carbons (Fsp3) is 0.206. The van der Waals surface area contributed by atoms with Crippen LogP contribution in [0.1, 0.15) is 47.8 Å². The Bertz CT molecular complexity index is 1960. The van der Waals surface area contributed by atoms with E-state index in [2.05, 4.69) is 5.32 Å². The van der Waals surface area contributed by atoms with Crippen LogP contribution in [-0.4, -0.2) is 25.2 Å². The van der Waals surface area contributed by atoms with Gasteiger partial charge < -0.3 is 15.2 Å². The maximum absolute atomic E-state index is 16.3. The number of ether oxygens (including phenoxy) is 1. The number of carbonyl (C=O) groups is 1. The number of fused-ring (bicyclic) bond motifs is 1. The molecule has 0 fully saturated rings. The van der Waals surface area contributed by atoms with Crippen molar-refractivity contribution >= 4 is 38.7 Å². The minimum Gasteiger partial charge on any atom is -0.506 e. The number of hydrogen-bond acceptors (Lipinski definition) is 6. The summed E-state index contributed by atoms with van der Waals surface area (Å²) in [6, 6.07) is 19.5. The van der Waals surface area contributed by atoms with Crippen LogP contribution in [0, 0.1) is 17.0 Å². The second-order valence-electron chi connectivity index (χ2n) is 11.9. The van der Waals surface area contributed by atoms with Gasteiger partial charge in [0.05, 0.1) is 21.9 Å². The molecule has 4 aromatic carbocycles. The Balaban J connectivity index is 1.57. The molecule has 1 atom stereocenters. The molecule has 0 spiro atoms. The van der Waals surface area contributed by atoms with Crippen LogP contribution in [0.5, 0.6) is 11.5 Å². The predicted octanol–water partition coefficient (Wildman–Crippen LogP) is 7.77. The third-order valence-electron chi connectivity index (χ3n) is 7.83. The Labute approximate surface area is 264 Å². The zero-order chi connectivity index (χ0) is 32.1. The van der Waals surface area contributed by atoms with E-state index in [1.807, 2.05) is 30.3 Å². The smallest absolute Gasteiger partial charge is 0.262 e. The molecule has 6 rings (SSSR count). The van der Waals surface area contributed by atoms with E-state index >= 15 is 8.78 Å². The minimum absolute atomic E-state index is 0.0329. The van der Waals surface area contributed by atoms with Crippen molar-refractivity contribution in [3.8, 4) is 11.5 Å². The van der Waals surface area contributed by atoms with Crippen molar-refractivity contribution in [1.29, 1.82) is 0 Å². The molecule has 232 valence electrons. The zero-order valence-corrected chi connectivity index (χ0v) is 25.9. The van der Waals surface area contributed by atoms with Crippen molar-refractivity contribution in [2.24, 2.45) is 5.41 Å². The Kier molecular flexibility index (Phi) is 7.82. The highest BCUT2D eigenvalue weighted by molar-refractivity contribution is 7.95. The van der Waals surface area contributed by atoms with Gasteiger partial charge in [0.15, 0.2) is 9.84 Å². The van der Waals surface area contributed by atoms with Crippen LogP contribution < -0.4 is 15.0 Å². The van der Waals surface area contributed by atoms with Gasteiger partial charge in [-0.3, -0.25) is 9.69 Å². The summed E-state index contributed by atoms with van der Waals surface area (Å²) in [6.07, 6.45) is 0.211. The highest BCUT2D eigenvalue weighted by Gasteiger charge is 2.48. The average Bonchev–Trinajstić information content (AvgIpc) is 3.11. The second-order valence-corrected chi connectivity index (χ2v) is 14.3. The number of carbonyl (C=O) groups excluding carboxylic acids is 1. The zero-order valence-electron chi connectivity index (χ0n) is 24.4. The van der Waals surface area contributed by atoms with Gasteiger partial charge in [-0.15, -0.1) is 0 Å². The van der Waals surface area contributed by atoms with Gasteiger partial charge in [-0.2, -0.15) is 0 Å². The molecule has 11 heteroatoms. The minimum atomic E-state index is -4.15. The van der Waals surface area contributed by atoms with Crippen molar-refractivity contribution < 1.29 is 31.8 Å². The third kappa shape index (κ3) is 5.87. The summed E-state index contributed by atoms with van der Waals surface area (Å²) in [5.74, 6) is -3.11. The average molecular weight is 651 g/mol. The number of hydrogen-bond donors (Lipinski definition) is 2. The lowest BCUT2D eigenvalue weighted by Gasteiger charge is -2.37. The maximum atomic E-state index is 16.3. The van der Waals surface area contributed by atoms with Crippen molar-refractivity contribution in [2.75, 3.05) is 16.0 Å². The van der Waals surface area contributed by atoms with E-state index in [0.717, 1.165) is 22.6 Å². The molecule has 0 aromatic heterocycles. The van der Waals surface area contributed by atoms with Crippen molar-refractivity contribution in [1.82, 2.24) is 0 Å². The molecule has 1 amide bonds. The van der Waals surface area contributed by atoms with E-state index in [4.69, 9.17) is 16.3 Å². The number of aromatic hydroxyl groups is 1. The van der Waals surface area contributed by atoms with E-state index in [1.165, 1.54) is 42.5 Å². The Morgan fingerprint density at radius 3 is 2.49 bits per heavy atom. The Morgan fingerprint density at radius 2 is 1.78 bits per heavy atom. The molecule has 2 N–H and O–H groups in total. The van der Waals surface area contributed by atoms with Gasteiger partial charge in [0.1, 0.15) is 41.5 Å². The maximum Gasteiger partial charge on any atom is 0.262 e. The summed E-state index contributed by atoms with van der Waals surface area (Å²) in [5, 5.41) is 14.1. The number of allylic oxidation sites excluding steroid dienone is 1. The van der Waals surface area contributed by atoms with Crippen LogP contribution in [-0.2, 0) is 16.4 Å². The van der Waals surface area contributed by atoms with Crippen LogP contribution in [0.15, 0.2) is 95.5 Å². The van der Waals surface area contributed by atoms with Crippen molar-refractivity contribution in [3.63, 3.8) is 0 Å². The first kappa shape index (κ1) is 30.6. The number of para-hydroxylation sites is 1. The number of anilines is 2. The topological polar surface area (TPSA) is 95.9 Å². The number of halogens is 3. The normalized spacial score (nSPS) is 18.3. The quantitative estimate of drug-likeness (QED) is 0.214. The molecule has 2 aliphatic heterocycles. The van der Waals surface area contributed by atoms with Crippen LogP contribution in [0.2, 0.25) is 5.02 Å². The lowest BCUT2D eigenvalue weighted by Crippen LogP contribution is -2.41. The molecule has 0 bridgehead atoms. The standard InChI is InChI=1S/C34H29ClF2N2O5S/c1-34(2)17-27-32(45(42,43)19-34)31(23-14-12-22(16-26(23)37)44-18-20-7-4-3-5-8-20)39(28-9-6-10-29(40)30(28)38-27)33(41)24-13-11-21(35)15-25(24)36/h3-16,31,38,40H,17-19H2,1-2H3. The van der Waals surface area contributed by atoms with E-state index in [-0.39, 0.29) is 62.8 Å². The monoisotopic (exact) mass is 650 g/mol. The molecule has 0 radical (unpaired) electrons. The van der Waals surface area contributed by atoms with Crippen molar-refractivity contribution in [3.05, 3.63) is 129 Å². The fourth-order valence-electron chi connectivity index (χ4n) is 5.96. The number of sulfone groups is 1. The summed E-state index contributed by atoms with van der Waals surface area (Å²) >= 11 is 5.96. The van der Waals surface area contributed by atoms with Crippen molar-refractivity contribution in [2.45, 2.75) is 32.9 Å². The molecule has 0 saturated carbocycles. The molecule has 2 aliphatic rings. The molecule has 2 heterocycles. The SMILES string of the molecule is CC1(C)CC2=C(C(c3ccc(OCc4ccccc4)cc3F)N(C(=O)c3ccc(Cl)cc3F)c3cccc(O)c3N2)S(=O)(=O)C1. The number of nitrogens with one attached hydrogen (secondary N) is 1. The number of phenolic OH excluding ortho intramolecular Hbond substituents is 1. The second kappa shape index (κ2) is 11.5. The van der Waals surface area contributed by atoms with Crippen LogP contribution in [0.3, 0.4) is 0 Å². The van der Waals surface area contributed by atoms with E-state index in [1.54, 1.807) is 13.8 Å². The third-order valence-corrected chi connectivity index (χ3v) is 10.4. The first-order valence-corrected chi connectivity index (χ1v) is 16.2. The van der Waals surface area contributed by atoms with Gasteiger partial charge in [-0.1, -0.05) is 61.8 Å². The summed E-state index contributed by atoms with van der Waals surface area (Å²) < 4.78 is 65.6. The number of phenols is 1. The van der Waals surface area contributed by atoms with Gasteiger partial charge in [0.25, 0.3) is 5.91 Å². The van der Waals surface area contributed by atoms with Crippen LogP contribution >= 0.6 is 11.6 Å². The summed E-state index contributed by atoms with van der Waals surface area (Å²) in [6.45, 7) is 3.74. The Morgan fingerprint density at radius 1 is 1.02 bits per heavy atom. The molecule has 0 aliphatic carbocycles.